The lowest BCUT2D eigenvalue weighted by molar-refractivity contribution is 0.131. The largest absolute Gasteiger partial charge is 0.454 e. The Kier molecular flexibility index (Phi) is 4.10. The SMILES string of the molecule is COC[C@@H]1CN(Cc2ccc3c(c2)OCO3)Cc2ncn(CC3CC3)c21. The average molecular weight is 355 g/mol. The van der Waals surface area contributed by atoms with E-state index in [-0.39, 0.29) is 0 Å². The number of fused-ring (bicyclic) bond motifs is 2. The lowest BCUT2D eigenvalue weighted by atomic mass is 9.98. The van der Waals surface area contributed by atoms with Crippen molar-refractivity contribution in [1.29, 1.82) is 0 Å². The molecule has 1 saturated carbocycles. The molecule has 1 aromatic carbocycles. The summed E-state index contributed by atoms with van der Waals surface area (Å²) in [5.41, 5.74) is 3.84. The number of aromatic nitrogens is 2. The number of benzene rings is 1. The van der Waals surface area contributed by atoms with Gasteiger partial charge in [0.2, 0.25) is 6.79 Å². The molecule has 0 unspecified atom stereocenters. The van der Waals surface area contributed by atoms with Crippen molar-refractivity contribution in [3.05, 3.63) is 41.5 Å². The Morgan fingerprint density at radius 1 is 1.23 bits per heavy atom. The predicted molar refractivity (Wildman–Crippen MR) is 96.2 cm³/mol. The molecule has 2 aromatic rings. The van der Waals surface area contributed by atoms with E-state index >= 15 is 0 Å². The molecule has 3 heterocycles. The van der Waals surface area contributed by atoms with E-state index < -0.39 is 0 Å². The lowest BCUT2D eigenvalue weighted by Crippen LogP contribution is -2.36. The van der Waals surface area contributed by atoms with Gasteiger partial charge in [0.15, 0.2) is 11.5 Å². The fourth-order valence-electron chi connectivity index (χ4n) is 4.17. The zero-order valence-electron chi connectivity index (χ0n) is 15.2. The lowest BCUT2D eigenvalue weighted by Gasteiger charge is -2.33. The first-order chi connectivity index (χ1) is 12.8. The van der Waals surface area contributed by atoms with Crippen LogP contribution in [0.15, 0.2) is 24.5 Å². The van der Waals surface area contributed by atoms with Crippen molar-refractivity contribution >= 4 is 0 Å². The van der Waals surface area contributed by atoms with Crippen LogP contribution in [0.4, 0.5) is 0 Å². The summed E-state index contributed by atoms with van der Waals surface area (Å²) in [7, 11) is 1.79. The van der Waals surface area contributed by atoms with Crippen LogP contribution in [0.3, 0.4) is 0 Å². The van der Waals surface area contributed by atoms with Crippen LogP contribution in [-0.4, -0.2) is 41.5 Å². The fraction of sp³-hybridized carbons (Fsp3) is 0.550. The molecule has 6 nitrogen and oxygen atoms in total. The monoisotopic (exact) mass is 355 g/mol. The Bertz CT molecular complexity index is 800. The van der Waals surface area contributed by atoms with Crippen LogP contribution in [-0.2, 0) is 24.4 Å². The number of methoxy groups -OCH3 is 1. The molecule has 3 aliphatic rings. The predicted octanol–water partition coefficient (Wildman–Crippen LogP) is 2.77. The number of nitrogens with zero attached hydrogens (tertiary/aromatic N) is 3. The van der Waals surface area contributed by atoms with Gasteiger partial charge in [0.25, 0.3) is 0 Å². The summed E-state index contributed by atoms with van der Waals surface area (Å²) < 4.78 is 18.8. The van der Waals surface area contributed by atoms with Gasteiger partial charge in [-0.3, -0.25) is 4.90 Å². The fourth-order valence-corrected chi connectivity index (χ4v) is 4.17. The van der Waals surface area contributed by atoms with Crippen molar-refractivity contribution in [2.45, 2.75) is 38.4 Å². The third-order valence-electron chi connectivity index (χ3n) is 5.56. The first-order valence-corrected chi connectivity index (χ1v) is 9.44. The van der Waals surface area contributed by atoms with E-state index in [1.54, 1.807) is 7.11 Å². The van der Waals surface area contributed by atoms with Crippen molar-refractivity contribution in [1.82, 2.24) is 14.5 Å². The molecule has 1 aliphatic carbocycles. The van der Waals surface area contributed by atoms with Gasteiger partial charge in [0, 0.05) is 44.9 Å². The molecule has 1 aromatic heterocycles. The van der Waals surface area contributed by atoms with Gasteiger partial charge in [-0.1, -0.05) is 6.07 Å². The maximum Gasteiger partial charge on any atom is 0.231 e. The first-order valence-electron chi connectivity index (χ1n) is 9.44. The van der Waals surface area contributed by atoms with Gasteiger partial charge in [-0.05, 0) is 36.5 Å². The smallest absolute Gasteiger partial charge is 0.231 e. The van der Waals surface area contributed by atoms with Crippen LogP contribution in [0, 0.1) is 5.92 Å². The number of imidazole rings is 1. The molecule has 0 spiro atoms. The summed E-state index contributed by atoms with van der Waals surface area (Å²) >= 11 is 0. The molecule has 138 valence electrons. The van der Waals surface area contributed by atoms with Gasteiger partial charge >= 0.3 is 0 Å². The molecule has 1 atom stereocenters. The molecule has 0 amide bonds. The summed E-state index contributed by atoms with van der Waals surface area (Å²) in [6, 6.07) is 6.22. The highest BCUT2D eigenvalue weighted by molar-refractivity contribution is 5.44. The van der Waals surface area contributed by atoms with Gasteiger partial charge in [0.05, 0.1) is 18.6 Å². The van der Waals surface area contributed by atoms with Crippen LogP contribution < -0.4 is 9.47 Å². The number of hydrogen-bond donors (Lipinski definition) is 0. The Labute approximate surface area is 153 Å². The number of hydrogen-bond acceptors (Lipinski definition) is 5. The molecule has 2 aliphatic heterocycles. The molecule has 0 N–H and O–H groups in total. The van der Waals surface area contributed by atoms with E-state index in [4.69, 9.17) is 19.2 Å². The summed E-state index contributed by atoms with van der Waals surface area (Å²) in [5, 5.41) is 0. The zero-order valence-corrected chi connectivity index (χ0v) is 15.2. The van der Waals surface area contributed by atoms with Crippen LogP contribution >= 0.6 is 0 Å². The second kappa shape index (κ2) is 6.59. The molecule has 5 rings (SSSR count). The van der Waals surface area contributed by atoms with E-state index in [9.17, 15) is 0 Å². The van der Waals surface area contributed by atoms with Crippen molar-refractivity contribution in [2.24, 2.45) is 5.92 Å². The summed E-state index contributed by atoms with van der Waals surface area (Å²) in [5.74, 6) is 2.91. The minimum atomic E-state index is 0.320. The first kappa shape index (κ1) is 16.1. The standard InChI is InChI=1S/C20H25N3O3/c1-24-11-16-9-22(7-15-4-5-18-19(6-15)26-13-25-18)10-17-20(16)23(12-21-17)8-14-2-3-14/h4-6,12,14,16H,2-3,7-11,13H2,1H3/t16-/m0/s1. The Morgan fingerprint density at radius 3 is 2.96 bits per heavy atom. The highest BCUT2D eigenvalue weighted by Gasteiger charge is 2.32. The summed E-state index contributed by atoms with van der Waals surface area (Å²) in [6.07, 6.45) is 4.76. The minimum Gasteiger partial charge on any atom is -0.454 e. The second-order valence-electron chi connectivity index (χ2n) is 7.68. The van der Waals surface area contributed by atoms with E-state index in [2.05, 4.69) is 21.6 Å². The Morgan fingerprint density at radius 2 is 2.12 bits per heavy atom. The maximum atomic E-state index is 5.54. The van der Waals surface area contributed by atoms with Crippen molar-refractivity contribution < 1.29 is 14.2 Å². The topological polar surface area (TPSA) is 48.8 Å². The van der Waals surface area contributed by atoms with E-state index in [1.807, 2.05) is 12.4 Å². The van der Waals surface area contributed by atoms with Gasteiger partial charge < -0.3 is 18.8 Å². The number of rotatable bonds is 6. The van der Waals surface area contributed by atoms with Crippen LogP contribution in [0.25, 0.3) is 0 Å². The van der Waals surface area contributed by atoms with Crippen LogP contribution in [0.5, 0.6) is 11.5 Å². The van der Waals surface area contributed by atoms with E-state index in [0.29, 0.717) is 12.7 Å². The zero-order chi connectivity index (χ0) is 17.5. The van der Waals surface area contributed by atoms with Crippen molar-refractivity contribution in [3.63, 3.8) is 0 Å². The molecule has 0 bridgehead atoms. The van der Waals surface area contributed by atoms with E-state index in [1.165, 1.54) is 29.8 Å². The van der Waals surface area contributed by atoms with E-state index in [0.717, 1.165) is 50.2 Å². The molecule has 0 saturated heterocycles. The highest BCUT2D eigenvalue weighted by Crippen LogP contribution is 2.36. The molecule has 0 radical (unpaired) electrons. The van der Waals surface area contributed by atoms with Crippen LogP contribution in [0.1, 0.15) is 35.7 Å². The number of ether oxygens (including phenoxy) is 3. The van der Waals surface area contributed by atoms with Gasteiger partial charge in [-0.25, -0.2) is 4.98 Å². The third-order valence-corrected chi connectivity index (χ3v) is 5.56. The molecule has 26 heavy (non-hydrogen) atoms. The van der Waals surface area contributed by atoms with Crippen molar-refractivity contribution in [3.8, 4) is 11.5 Å². The van der Waals surface area contributed by atoms with Gasteiger partial charge in [-0.2, -0.15) is 0 Å². The summed E-state index contributed by atoms with van der Waals surface area (Å²) in [4.78, 5) is 7.20. The summed E-state index contributed by atoms with van der Waals surface area (Å²) in [6.45, 7) is 4.94. The third kappa shape index (κ3) is 3.08. The molecule has 1 fully saturated rings. The van der Waals surface area contributed by atoms with Gasteiger partial charge in [-0.15, -0.1) is 0 Å². The molecular weight excluding hydrogens is 330 g/mol. The Balaban J connectivity index is 1.35. The van der Waals surface area contributed by atoms with Crippen LogP contribution in [0.2, 0.25) is 0 Å². The van der Waals surface area contributed by atoms with Crippen molar-refractivity contribution in [2.75, 3.05) is 27.1 Å². The Hall–Kier alpha value is -2.05. The average Bonchev–Trinajstić information content (AvgIpc) is 3.17. The minimum absolute atomic E-state index is 0.320. The highest BCUT2D eigenvalue weighted by atomic mass is 16.7. The quantitative estimate of drug-likeness (QED) is 0.797. The molecule has 6 heteroatoms. The molecular formula is C20H25N3O3. The maximum absolute atomic E-state index is 5.54. The van der Waals surface area contributed by atoms with Gasteiger partial charge in [0.1, 0.15) is 0 Å². The normalized spacial score (nSPS) is 21.8. The second-order valence-corrected chi connectivity index (χ2v) is 7.68.